The summed E-state index contributed by atoms with van der Waals surface area (Å²) >= 11 is 7.46. The molecule has 1 aromatic rings. The lowest BCUT2D eigenvalue weighted by Gasteiger charge is -2.11. The molecule has 1 amide bonds. The second-order valence-electron chi connectivity index (χ2n) is 3.22. The number of anilines is 1. The Morgan fingerprint density at radius 3 is 3.12 bits per heavy atom. The lowest BCUT2D eigenvalue weighted by atomic mass is 10.2. The zero-order chi connectivity index (χ0) is 12.0. The number of amides is 1. The Kier molecular flexibility index (Phi) is 5.59. The summed E-state index contributed by atoms with van der Waals surface area (Å²) < 4.78 is 0. The van der Waals surface area contributed by atoms with Gasteiger partial charge in [-0.2, -0.15) is 11.8 Å². The summed E-state index contributed by atoms with van der Waals surface area (Å²) in [4.78, 5) is 15.5. The van der Waals surface area contributed by atoms with Crippen molar-refractivity contribution in [2.24, 2.45) is 5.73 Å². The molecule has 1 aromatic heterocycles. The lowest BCUT2D eigenvalue weighted by Crippen LogP contribution is -2.36. The Hall–Kier alpha value is -0.780. The highest BCUT2D eigenvalue weighted by atomic mass is 35.5. The van der Waals surface area contributed by atoms with Crippen LogP contribution < -0.4 is 11.1 Å². The Bertz CT molecular complexity index is 362. The number of nitrogens with one attached hydrogen (secondary N) is 1. The van der Waals surface area contributed by atoms with E-state index in [4.69, 9.17) is 17.3 Å². The molecule has 4 nitrogen and oxygen atoms in total. The highest BCUT2D eigenvalue weighted by Gasteiger charge is 2.14. The molecule has 88 valence electrons. The van der Waals surface area contributed by atoms with Crippen molar-refractivity contribution in [2.75, 3.05) is 17.3 Å². The zero-order valence-electron chi connectivity index (χ0n) is 8.94. The highest BCUT2D eigenvalue weighted by Crippen LogP contribution is 2.17. The van der Waals surface area contributed by atoms with Gasteiger partial charge in [-0.15, -0.1) is 0 Å². The minimum atomic E-state index is -0.510. The predicted molar refractivity (Wildman–Crippen MR) is 68.9 cm³/mol. The number of rotatable bonds is 5. The average molecular weight is 260 g/mol. The van der Waals surface area contributed by atoms with Crippen LogP contribution in [0.3, 0.4) is 0 Å². The van der Waals surface area contributed by atoms with Crippen molar-refractivity contribution in [3.63, 3.8) is 0 Å². The maximum Gasteiger partial charge on any atom is 0.241 e. The van der Waals surface area contributed by atoms with Gasteiger partial charge < -0.3 is 11.1 Å². The second kappa shape index (κ2) is 6.73. The molecule has 0 aromatic carbocycles. The molecule has 0 aliphatic heterocycles. The number of carbonyl (C=O) groups excluding carboxylic acids is 1. The smallest absolute Gasteiger partial charge is 0.241 e. The maximum absolute atomic E-state index is 11.6. The largest absolute Gasteiger partial charge is 0.322 e. The monoisotopic (exact) mass is 259 g/mol. The molecule has 16 heavy (non-hydrogen) atoms. The van der Waals surface area contributed by atoms with E-state index in [0.29, 0.717) is 12.1 Å². The molecule has 0 fully saturated rings. The van der Waals surface area contributed by atoms with E-state index in [1.54, 1.807) is 30.1 Å². The molecule has 0 radical (unpaired) electrons. The number of aromatic nitrogens is 1. The topological polar surface area (TPSA) is 68.0 Å². The van der Waals surface area contributed by atoms with Gasteiger partial charge in [0.2, 0.25) is 5.91 Å². The van der Waals surface area contributed by atoms with Gasteiger partial charge in [0.25, 0.3) is 0 Å². The van der Waals surface area contributed by atoms with E-state index in [2.05, 4.69) is 10.3 Å². The molecular weight excluding hydrogens is 246 g/mol. The number of carbonyl (C=O) groups is 1. The number of thioether (sulfide) groups is 1. The molecular formula is C10H14ClN3OS. The molecule has 3 N–H and O–H groups in total. The number of nitrogens with two attached hydrogens (primary N) is 1. The number of hydrogen-bond donors (Lipinski definition) is 2. The molecule has 1 heterocycles. The molecule has 1 rings (SSSR count). The molecule has 0 bridgehead atoms. The molecule has 0 unspecified atom stereocenters. The summed E-state index contributed by atoms with van der Waals surface area (Å²) in [5.41, 5.74) is 6.21. The first-order valence-electron chi connectivity index (χ1n) is 4.81. The number of nitrogens with zero attached hydrogens (tertiary/aromatic N) is 1. The van der Waals surface area contributed by atoms with Gasteiger partial charge in [0.05, 0.1) is 11.7 Å². The van der Waals surface area contributed by atoms with Gasteiger partial charge >= 0.3 is 0 Å². The van der Waals surface area contributed by atoms with E-state index in [1.165, 1.54) is 0 Å². The van der Waals surface area contributed by atoms with Crippen LogP contribution >= 0.6 is 23.4 Å². The van der Waals surface area contributed by atoms with Gasteiger partial charge in [0, 0.05) is 6.20 Å². The van der Waals surface area contributed by atoms with Crippen LogP contribution in [0.5, 0.6) is 0 Å². The molecule has 6 heteroatoms. The van der Waals surface area contributed by atoms with E-state index >= 15 is 0 Å². The van der Waals surface area contributed by atoms with E-state index in [9.17, 15) is 4.79 Å². The molecule has 0 aliphatic carbocycles. The van der Waals surface area contributed by atoms with Crippen LogP contribution in [-0.4, -0.2) is 28.9 Å². The average Bonchev–Trinajstić information content (AvgIpc) is 2.28. The van der Waals surface area contributed by atoms with Gasteiger partial charge in [-0.25, -0.2) is 4.98 Å². The van der Waals surface area contributed by atoms with E-state index in [-0.39, 0.29) is 11.1 Å². The summed E-state index contributed by atoms with van der Waals surface area (Å²) in [7, 11) is 0. The van der Waals surface area contributed by atoms with Gasteiger partial charge in [0.1, 0.15) is 0 Å². The standard InChI is InChI=1S/C10H14ClN3OS/c1-16-6-4-7(12)10(15)14-8-3-2-5-13-9(8)11/h2-3,5,7H,4,6,12H2,1H3,(H,14,15)/t7-/m1/s1. The van der Waals surface area contributed by atoms with E-state index < -0.39 is 6.04 Å². The van der Waals surface area contributed by atoms with Gasteiger partial charge in [0.15, 0.2) is 5.15 Å². The number of halogens is 1. The van der Waals surface area contributed by atoms with Crippen LogP contribution in [0.25, 0.3) is 0 Å². The van der Waals surface area contributed by atoms with Crippen molar-refractivity contribution < 1.29 is 4.79 Å². The molecule has 1 atom stereocenters. The Labute approximate surface area is 104 Å². The highest BCUT2D eigenvalue weighted by molar-refractivity contribution is 7.98. The summed E-state index contributed by atoms with van der Waals surface area (Å²) in [6.07, 6.45) is 4.18. The minimum Gasteiger partial charge on any atom is -0.322 e. The molecule has 0 saturated heterocycles. The first-order valence-corrected chi connectivity index (χ1v) is 6.58. The quantitative estimate of drug-likeness (QED) is 0.791. The van der Waals surface area contributed by atoms with Crippen molar-refractivity contribution in [2.45, 2.75) is 12.5 Å². The minimum absolute atomic E-state index is 0.232. The van der Waals surface area contributed by atoms with Crippen molar-refractivity contribution >= 4 is 35.0 Å². The van der Waals surface area contributed by atoms with Crippen molar-refractivity contribution in [1.29, 1.82) is 0 Å². The fraction of sp³-hybridized carbons (Fsp3) is 0.400. The SMILES string of the molecule is CSCC[C@@H](N)C(=O)Nc1cccnc1Cl. The third-order valence-corrected chi connectivity index (χ3v) is 2.93. The first kappa shape index (κ1) is 13.3. The van der Waals surface area contributed by atoms with Gasteiger partial charge in [-0.3, -0.25) is 4.79 Å². The van der Waals surface area contributed by atoms with Crippen LogP contribution in [-0.2, 0) is 4.79 Å². The van der Waals surface area contributed by atoms with Gasteiger partial charge in [-0.05, 0) is 30.6 Å². The third-order valence-electron chi connectivity index (χ3n) is 1.99. The van der Waals surface area contributed by atoms with E-state index in [1.807, 2.05) is 6.26 Å². The molecule has 0 spiro atoms. The number of hydrogen-bond acceptors (Lipinski definition) is 4. The fourth-order valence-electron chi connectivity index (χ4n) is 1.08. The summed E-state index contributed by atoms with van der Waals surface area (Å²) in [6.45, 7) is 0. The van der Waals surface area contributed by atoms with Crippen LogP contribution in [0.1, 0.15) is 6.42 Å². The summed E-state index contributed by atoms with van der Waals surface area (Å²) in [6, 6.07) is 2.88. The van der Waals surface area contributed by atoms with Crippen LogP contribution in [0.15, 0.2) is 18.3 Å². The van der Waals surface area contributed by atoms with Crippen molar-refractivity contribution in [3.8, 4) is 0 Å². The van der Waals surface area contributed by atoms with E-state index in [0.717, 1.165) is 5.75 Å². The Morgan fingerprint density at radius 1 is 1.75 bits per heavy atom. The number of pyridine rings is 1. The maximum atomic E-state index is 11.6. The fourth-order valence-corrected chi connectivity index (χ4v) is 1.74. The third kappa shape index (κ3) is 4.00. The van der Waals surface area contributed by atoms with Crippen molar-refractivity contribution in [1.82, 2.24) is 4.98 Å². The predicted octanol–water partition coefficient (Wildman–Crippen LogP) is 1.75. The normalized spacial score (nSPS) is 12.2. The van der Waals surface area contributed by atoms with Crippen LogP contribution in [0.2, 0.25) is 5.15 Å². The summed E-state index contributed by atoms with van der Waals surface area (Å²) in [5, 5.41) is 2.92. The summed E-state index contributed by atoms with van der Waals surface area (Å²) in [5.74, 6) is 0.624. The first-order chi connectivity index (χ1) is 7.65. The Morgan fingerprint density at radius 2 is 2.50 bits per heavy atom. The van der Waals surface area contributed by atoms with Gasteiger partial charge in [-0.1, -0.05) is 11.6 Å². The second-order valence-corrected chi connectivity index (χ2v) is 4.56. The lowest BCUT2D eigenvalue weighted by molar-refractivity contribution is -0.117. The molecule has 0 aliphatic rings. The van der Waals surface area contributed by atoms with Crippen LogP contribution in [0.4, 0.5) is 5.69 Å². The van der Waals surface area contributed by atoms with Crippen LogP contribution in [0, 0.1) is 0 Å². The Balaban J connectivity index is 2.54. The molecule has 0 saturated carbocycles. The zero-order valence-corrected chi connectivity index (χ0v) is 10.5. The van der Waals surface area contributed by atoms with Crippen molar-refractivity contribution in [3.05, 3.63) is 23.5 Å².